The van der Waals surface area contributed by atoms with Crippen molar-refractivity contribution >= 4 is 28.5 Å². The van der Waals surface area contributed by atoms with E-state index in [2.05, 4.69) is 32.7 Å². The maximum absolute atomic E-state index is 11.1. The number of nitrogens with two attached hydrogens (primary N) is 1. The molecule has 0 aromatic carbocycles. The Morgan fingerprint density at radius 2 is 2.25 bits per heavy atom. The van der Waals surface area contributed by atoms with E-state index in [-0.39, 0.29) is 0 Å². The number of carbonyl (C=O) groups excluding carboxylic acids is 1. The Labute approximate surface area is 106 Å². The van der Waals surface area contributed by atoms with Crippen LogP contribution in [0.3, 0.4) is 0 Å². The highest BCUT2D eigenvalue weighted by atomic mass is 127. The monoisotopic (exact) mass is 328 g/mol. The summed E-state index contributed by atoms with van der Waals surface area (Å²) in [5, 5.41) is 4.12. The molecule has 0 saturated heterocycles. The van der Waals surface area contributed by atoms with Crippen LogP contribution in [0.1, 0.15) is 16.1 Å². The molecule has 2 N–H and O–H groups in total. The van der Waals surface area contributed by atoms with Gasteiger partial charge in [-0.15, -0.1) is 0 Å². The van der Waals surface area contributed by atoms with Crippen LogP contribution in [-0.4, -0.2) is 20.7 Å². The number of halogens is 1. The fourth-order valence-corrected chi connectivity index (χ4v) is 1.73. The standard InChI is InChI=1S/C10H9IN4O/c1-6-2-7(10(12)16)3-9(14-6)15-5-8(11)4-13-15/h2-5H,1H3,(H2,12,16). The normalized spacial score (nSPS) is 10.4. The van der Waals surface area contributed by atoms with Crippen molar-refractivity contribution in [2.75, 3.05) is 0 Å². The Balaban J connectivity index is 2.53. The summed E-state index contributed by atoms with van der Waals surface area (Å²) in [4.78, 5) is 15.4. The zero-order valence-corrected chi connectivity index (χ0v) is 10.7. The third-order valence-corrected chi connectivity index (χ3v) is 2.57. The molecule has 1 amide bonds. The van der Waals surface area contributed by atoms with Gasteiger partial charge in [0.05, 0.1) is 9.77 Å². The topological polar surface area (TPSA) is 73.8 Å². The number of hydrogen-bond donors (Lipinski definition) is 1. The van der Waals surface area contributed by atoms with Gasteiger partial charge in [-0.05, 0) is 41.6 Å². The van der Waals surface area contributed by atoms with Crippen molar-refractivity contribution in [2.45, 2.75) is 6.92 Å². The molecule has 5 nitrogen and oxygen atoms in total. The van der Waals surface area contributed by atoms with Crippen molar-refractivity contribution in [1.82, 2.24) is 14.8 Å². The summed E-state index contributed by atoms with van der Waals surface area (Å²) < 4.78 is 2.61. The molecule has 0 fully saturated rings. The second-order valence-corrected chi connectivity index (χ2v) is 4.57. The van der Waals surface area contributed by atoms with Gasteiger partial charge in [-0.25, -0.2) is 9.67 Å². The molecule has 2 aromatic heterocycles. The fraction of sp³-hybridized carbons (Fsp3) is 0.100. The number of pyridine rings is 1. The van der Waals surface area contributed by atoms with Crippen LogP contribution in [0.25, 0.3) is 5.82 Å². The third-order valence-electron chi connectivity index (χ3n) is 2.01. The molecule has 0 atom stereocenters. The van der Waals surface area contributed by atoms with E-state index in [1.165, 1.54) is 0 Å². The second kappa shape index (κ2) is 4.20. The Bertz CT molecular complexity index is 550. The quantitative estimate of drug-likeness (QED) is 0.844. The van der Waals surface area contributed by atoms with Gasteiger partial charge < -0.3 is 5.73 Å². The van der Waals surface area contributed by atoms with Gasteiger partial charge in [0.15, 0.2) is 5.82 Å². The van der Waals surface area contributed by atoms with Crippen LogP contribution in [-0.2, 0) is 0 Å². The number of carbonyl (C=O) groups is 1. The Morgan fingerprint density at radius 3 is 2.81 bits per heavy atom. The van der Waals surface area contributed by atoms with Crippen molar-refractivity contribution in [3.63, 3.8) is 0 Å². The summed E-state index contributed by atoms with van der Waals surface area (Å²) in [6.45, 7) is 1.81. The zero-order valence-electron chi connectivity index (χ0n) is 8.51. The molecule has 0 aliphatic rings. The molecule has 0 radical (unpaired) electrons. The van der Waals surface area contributed by atoms with E-state index in [0.717, 1.165) is 9.26 Å². The lowest BCUT2D eigenvalue weighted by molar-refractivity contribution is 0.1000. The molecule has 6 heteroatoms. The predicted octanol–water partition coefficient (Wildman–Crippen LogP) is 1.28. The van der Waals surface area contributed by atoms with E-state index in [9.17, 15) is 4.79 Å². The van der Waals surface area contributed by atoms with E-state index >= 15 is 0 Å². The molecule has 0 saturated carbocycles. The Morgan fingerprint density at radius 1 is 1.50 bits per heavy atom. The fourth-order valence-electron chi connectivity index (χ4n) is 1.34. The number of nitrogens with zero attached hydrogens (tertiary/aromatic N) is 3. The molecule has 0 unspecified atom stereocenters. The lowest BCUT2D eigenvalue weighted by Crippen LogP contribution is -2.13. The molecule has 0 aliphatic heterocycles. The van der Waals surface area contributed by atoms with Crippen molar-refractivity contribution in [3.05, 3.63) is 39.4 Å². The number of amides is 1. The van der Waals surface area contributed by atoms with Crippen LogP contribution < -0.4 is 5.73 Å². The molecule has 0 spiro atoms. The molecular formula is C10H9IN4O. The minimum absolute atomic E-state index is 0.438. The average Bonchev–Trinajstić information content (AvgIpc) is 2.64. The zero-order chi connectivity index (χ0) is 11.7. The molecule has 2 rings (SSSR count). The van der Waals surface area contributed by atoms with Crippen LogP contribution >= 0.6 is 22.6 Å². The number of rotatable bonds is 2. The maximum atomic E-state index is 11.1. The van der Waals surface area contributed by atoms with E-state index in [1.54, 1.807) is 23.0 Å². The van der Waals surface area contributed by atoms with Gasteiger partial charge in [0.2, 0.25) is 5.91 Å². The second-order valence-electron chi connectivity index (χ2n) is 3.32. The average molecular weight is 328 g/mol. The minimum Gasteiger partial charge on any atom is -0.366 e. The minimum atomic E-state index is -0.464. The van der Waals surface area contributed by atoms with Crippen molar-refractivity contribution in [3.8, 4) is 5.82 Å². The van der Waals surface area contributed by atoms with Crippen molar-refractivity contribution in [2.24, 2.45) is 5.73 Å². The number of aromatic nitrogens is 3. The van der Waals surface area contributed by atoms with Crippen LogP contribution in [0.4, 0.5) is 0 Å². The summed E-state index contributed by atoms with van der Waals surface area (Å²) >= 11 is 2.16. The summed E-state index contributed by atoms with van der Waals surface area (Å²) in [5.74, 6) is 0.130. The number of primary amides is 1. The lowest BCUT2D eigenvalue weighted by atomic mass is 10.2. The van der Waals surface area contributed by atoms with Gasteiger partial charge in [0.1, 0.15) is 0 Å². The van der Waals surface area contributed by atoms with Crippen molar-refractivity contribution in [1.29, 1.82) is 0 Å². The largest absolute Gasteiger partial charge is 0.366 e. The molecular weight excluding hydrogens is 319 g/mol. The van der Waals surface area contributed by atoms with Crippen LogP contribution in [0.2, 0.25) is 0 Å². The highest BCUT2D eigenvalue weighted by molar-refractivity contribution is 14.1. The summed E-state index contributed by atoms with van der Waals surface area (Å²) in [6.07, 6.45) is 3.54. The third kappa shape index (κ3) is 2.21. The Kier molecular flexibility index (Phi) is 2.90. The van der Waals surface area contributed by atoms with Gasteiger partial charge in [0, 0.05) is 17.5 Å². The molecule has 0 aliphatic carbocycles. The van der Waals surface area contributed by atoms with Crippen molar-refractivity contribution < 1.29 is 4.79 Å². The SMILES string of the molecule is Cc1cc(C(N)=O)cc(-n2cc(I)cn2)n1. The Hall–Kier alpha value is -1.44. The van der Waals surface area contributed by atoms with Gasteiger partial charge in [-0.2, -0.15) is 5.10 Å². The molecule has 2 heterocycles. The van der Waals surface area contributed by atoms with Crippen LogP contribution in [0.5, 0.6) is 0 Å². The van der Waals surface area contributed by atoms with E-state index in [4.69, 9.17) is 5.73 Å². The highest BCUT2D eigenvalue weighted by Crippen LogP contribution is 2.11. The number of hydrogen-bond acceptors (Lipinski definition) is 3. The van der Waals surface area contributed by atoms with Crippen LogP contribution in [0, 0.1) is 10.5 Å². The van der Waals surface area contributed by atoms with Gasteiger partial charge in [-0.1, -0.05) is 0 Å². The first-order valence-electron chi connectivity index (χ1n) is 4.55. The molecule has 0 bridgehead atoms. The molecule has 2 aromatic rings. The highest BCUT2D eigenvalue weighted by Gasteiger charge is 2.07. The molecule has 82 valence electrons. The van der Waals surface area contributed by atoms with E-state index in [1.807, 2.05) is 13.1 Å². The summed E-state index contributed by atoms with van der Waals surface area (Å²) in [7, 11) is 0. The van der Waals surface area contributed by atoms with Gasteiger partial charge in [0.25, 0.3) is 0 Å². The summed E-state index contributed by atoms with van der Waals surface area (Å²) in [6, 6.07) is 3.28. The number of aryl methyl sites for hydroxylation is 1. The summed E-state index contributed by atoms with van der Waals surface area (Å²) in [5.41, 5.74) is 6.41. The molecule has 16 heavy (non-hydrogen) atoms. The van der Waals surface area contributed by atoms with Gasteiger partial charge in [-0.3, -0.25) is 4.79 Å². The van der Waals surface area contributed by atoms with Gasteiger partial charge >= 0.3 is 0 Å². The smallest absolute Gasteiger partial charge is 0.248 e. The lowest BCUT2D eigenvalue weighted by Gasteiger charge is -2.04. The maximum Gasteiger partial charge on any atom is 0.248 e. The first-order chi connectivity index (χ1) is 7.56. The van der Waals surface area contributed by atoms with Crippen LogP contribution in [0.15, 0.2) is 24.5 Å². The first-order valence-corrected chi connectivity index (χ1v) is 5.63. The van der Waals surface area contributed by atoms with E-state index in [0.29, 0.717) is 11.4 Å². The first kappa shape index (κ1) is 11.1. The predicted molar refractivity (Wildman–Crippen MR) is 67.3 cm³/mol. The van der Waals surface area contributed by atoms with E-state index < -0.39 is 5.91 Å².